The Balaban J connectivity index is 2.83. The van der Waals surface area contributed by atoms with Crippen LogP contribution in [0.1, 0.15) is 5.56 Å². The Morgan fingerprint density at radius 3 is 2.67 bits per heavy atom. The Labute approximate surface area is 104 Å². The number of ether oxygens (including phenoxy) is 1. The average Bonchev–Trinajstić information content (AvgIpc) is 2.35. The monoisotopic (exact) mass is 254 g/mol. The van der Waals surface area contributed by atoms with Crippen molar-refractivity contribution in [2.24, 2.45) is 0 Å². The molecule has 1 N–H and O–H groups in total. The van der Waals surface area contributed by atoms with E-state index in [9.17, 15) is 14.9 Å². The third-order valence-electron chi connectivity index (χ3n) is 2.28. The summed E-state index contributed by atoms with van der Waals surface area (Å²) in [5, 5.41) is 19.7. The molecular formula is C11H14N2O5. The number of rotatable bonds is 5. The molecule has 0 fully saturated rings. The molecule has 0 saturated carbocycles. The molecule has 0 aliphatic carbocycles. The number of likely N-dealkylation sites (N-methyl/N-ethyl adjacent to an activating group) is 1. The van der Waals surface area contributed by atoms with Crippen molar-refractivity contribution in [2.75, 3.05) is 20.7 Å². The van der Waals surface area contributed by atoms with E-state index in [1.165, 1.54) is 23.1 Å². The van der Waals surface area contributed by atoms with Gasteiger partial charge in [0.2, 0.25) is 0 Å². The summed E-state index contributed by atoms with van der Waals surface area (Å²) in [6.07, 6.45) is 0. The van der Waals surface area contributed by atoms with E-state index in [1.54, 1.807) is 14.1 Å². The molecule has 1 amide bonds. The van der Waals surface area contributed by atoms with E-state index in [4.69, 9.17) is 9.84 Å². The highest BCUT2D eigenvalue weighted by molar-refractivity contribution is 5.77. The fraction of sp³-hybridized carbons (Fsp3) is 0.364. The highest BCUT2D eigenvalue weighted by Crippen LogP contribution is 2.24. The van der Waals surface area contributed by atoms with Crippen LogP contribution in [-0.2, 0) is 11.4 Å². The van der Waals surface area contributed by atoms with Crippen molar-refractivity contribution < 1.29 is 19.6 Å². The first kappa shape index (κ1) is 13.9. The van der Waals surface area contributed by atoms with Crippen molar-refractivity contribution in [3.63, 3.8) is 0 Å². The maximum absolute atomic E-state index is 11.3. The highest BCUT2D eigenvalue weighted by Gasteiger charge is 2.12. The molecule has 1 rings (SSSR count). The molecule has 0 spiro atoms. The van der Waals surface area contributed by atoms with Gasteiger partial charge in [0.1, 0.15) is 5.75 Å². The molecule has 0 heterocycles. The second-order valence-corrected chi connectivity index (χ2v) is 3.78. The molecule has 0 unspecified atom stereocenters. The normalized spacial score (nSPS) is 9.94. The molecule has 7 nitrogen and oxygen atoms in total. The summed E-state index contributed by atoms with van der Waals surface area (Å²) in [6.45, 7) is -0.578. The van der Waals surface area contributed by atoms with Crippen LogP contribution >= 0.6 is 0 Å². The van der Waals surface area contributed by atoms with Gasteiger partial charge in [0.15, 0.2) is 6.61 Å². The van der Waals surface area contributed by atoms with Crippen molar-refractivity contribution in [1.29, 1.82) is 0 Å². The number of amides is 1. The number of nitro benzene ring substituents is 1. The molecule has 18 heavy (non-hydrogen) atoms. The summed E-state index contributed by atoms with van der Waals surface area (Å²) < 4.78 is 5.21. The zero-order valence-corrected chi connectivity index (χ0v) is 10.1. The van der Waals surface area contributed by atoms with E-state index in [2.05, 4.69) is 0 Å². The minimum absolute atomic E-state index is 0.134. The Kier molecular flexibility index (Phi) is 4.61. The van der Waals surface area contributed by atoms with Gasteiger partial charge in [-0.2, -0.15) is 0 Å². The molecule has 1 aromatic rings. The minimum Gasteiger partial charge on any atom is -0.483 e. The lowest BCUT2D eigenvalue weighted by atomic mass is 10.2. The van der Waals surface area contributed by atoms with Crippen molar-refractivity contribution in [2.45, 2.75) is 6.61 Å². The van der Waals surface area contributed by atoms with Crippen molar-refractivity contribution in [1.82, 2.24) is 4.90 Å². The van der Waals surface area contributed by atoms with Crippen LogP contribution in [0.15, 0.2) is 18.2 Å². The van der Waals surface area contributed by atoms with Crippen molar-refractivity contribution in [3.8, 4) is 5.75 Å². The molecule has 1 aromatic carbocycles. The third kappa shape index (κ3) is 3.42. The molecule has 98 valence electrons. The Hall–Kier alpha value is -2.15. The van der Waals surface area contributed by atoms with E-state index in [1.807, 2.05) is 0 Å². The molecule has 7 heteroatoms. The summed E-state index contributed by atoms with van der Waals surface area (Å²) in [5.41, 5.74) is 0.140. The van der Waals surface area contributed by atoms with Crippen LogP contribution in [0.25, 0.3) is 0 Å². The minimum atomic E-state index is -0.562. The summed E-state index contributed by atoms with van der Waals surface area (Å²) in [7, 11) is 3.18. The number of carbonyl (C=O) groups excluding carboxylic acids is 1. The number of non-ortho nitro benzene ring substituents is 1. The lowest BCUT2D eigenvalue weighted by Gasteiger charge is -2.13. The van der Waals surface area contributed by atoms with Crippen molar-refractivity contribution >= 4 is 11.6 Å². The predicted octanol–water partition coefficient (Wildman–Crippen LogP) is 0.554. The van der Waals surface area contributed by atoms with E-state index in [0.29, 0.717) is 0 Å². The zero-order valence-electron chi connectivity index (χ0n) is 10.1. The SMILES string of the molecule is CN(C)C(=O)COc1ccc([N+](=O)[O-])cc1CO. The summed E-state index contributed by atoms with van der Waals surface area (Å²) in [5.74, 6) is 0.0237. The number of nitrogens with zero attached hydrogens (tertiary/aromatic N) is 2. The molecule has 0 radical (unpaired) electrons. The van der Waals surface area contributed by atoms with Crippen LogP contribution in [0.2, 0.25) is 0 Å². The molecule has 0 atom stereocenters. The number of aliphatic hydroxyl groups excluding tert-OH is 1. The van der Waals surface area contributed by atoms with E-state index < -0.39 is 11.5 Å². The van der Waals surface area contributed by atoms with Gasteiger partial charge in [0.05, 0.1) is 11.5 Å². The van der Waals surface area contributed by atoms with Gasteiger partial charge in [-0.15, -0.1) is 0 Å². The first-order valence-electron chi connectivity index (χ1n) is 5.17. The number of hydrogen-bond donors (Lipinski definition) is 1. The number of nitro groups is 1. The van der Waals surface area contributed by atoms with Crippen LogP contribution < -0.4 is 4.74 Å². The van der Waals surface area contributed by atoms with Gasteiger partial charge >= 0.3 is 0 Å². The molecule has 0 aliphatic heterocycles. The van der Waals surface area contributed by atoms with E-state index in [-0.39, 0.29) is 29.5 Å². The second-order valence-electron chi connectivity index (χ2n) is 3.78. The quantitative estimate of drug-likeness (QED) is 0.612. The van der Waals surface area contributed by atoms with E-state index in [0.717, 1.165) is 0 Å². The van der Waals surface area contributed by atoms with Gasteiger partial charge in [0, 0.05) is 31.8 Å². The van der Waals surface area contributed by atoms with Gasteiger partial charge in [-0.1, -0.05) is 0 Å². The maximum atomic E-state index is 11.3. The molecular weight excluding hydrogens is 240 g/mol. The van der Waals surface area contributed by atoms with Gasteiger partial charge in [-0.05, 0) is 6.07 Å². The lowest BCUT2D eigenvalue weighted by molar-refractivity contribution is -0.385. The summed E-state index contributed by atoms with van der Waals surface area (Å²) in [6, 6.07) is 3.84. The van der Waals surface area contributed by atoms with Gasteiger partial charge in [-0.25, -0.2) is 0 Å². The second kappa shape index (κ2) is 5.97. The number of aliphatic hydroxyl groups is 1. The summed E-state index contributed by atoms with van der Waals surface area (Å²) in [4.78, 5) is 22.7. The predicted molar refractivity (Wildman–Crippen MR) is 63.2 cm³/mol. The van der Waals surface area contributed by atoms with Crippen LogP contribution in [0.3, 0.4) is 0 Å². The van der Waals surface area contributed by atoms with Crippen LogP contribution in [0, 0.1) is 10.1 Å². The molecule has 0 aromatic heterocycles. The third-order valence-corrected chi connectivity index (χ3v) is 2.28. The standard InChI is InChI=1S/C11H14N2O5/c1-12(2)11(15)7-18-10-4-3-9(13(16)17)5-8(10)6-14/h3-5,14H,6-7H2,1-2H3. The van der Waals surface area contributed by atoms with Gasteiger partial charge in [0.25, 0.3) is 11.6 Å². The maximum Gasteiger partial charge on any atom is 0.270 e. The lowest BCUT2D eigenvalue weighted by Crippen LogP contribution is -2.27. The zero-order chi connectivity index (χ0) is 13.7. The number of hydrogen-bond acceptors (Lipinski definition) is 5. The Morgan fingerprint density at radius 2 is 2.17 bits per heavy atom. The molecule has 0 aliphatic rings. The number of carbonyl (C=O) groups is 1. The Bertz CT molecular complexity index is 459. The summed E-state index contributed by atoms with van der Waals surface area (Å²) >= 11 is 0. The number of benzene rings is 1. The highest BCUT2D eigenvalue weighted by atomic mass is 16.6. The largest absolute Gasteiger partial charge is 0.483 e. The fourth-order valence-corrected chi connectivity index (χ4v) is 1.21. The first-order chi connectivity index (χ1) is 8.45. The molecule has 0 saturated heterocycles. The van der Waals surface area contributed by atoms with Gasteiger partial charge in [-0.3, -0.25) is 14.9 Å². The fourth-order valence-electron chi connectivity index (χ4n) is 1.21. The van der Waals surface area contributed by atoms with Crippen LogP contribution in [0.5, 0.6) is 5.75 Å². The first-order valence-corrected chi connectivity index (χ1v) is 5.17. The topological polar surface area (TPSA) is 92.9 Å². The Morgan fingerprint density at radius 1 is 1.50 bits per heavy atom. The van der Waals surface area contributed by atoms with Crippen LogP contribution in [0.4, 0.5) is 5.69 Å². The smallest absolute Gasteiger partial charge is 0.270 e. The molecule has 0 bridgehead atoms. The average molecular weight is 254 g/mol. The van der Waals surface area contributed by atoms with Crippen molar-refractivity contribution in [3.05, 3.63) is 33.9 Å². The van der Waals surface area contributed by atoms with Gasteiger partial charge < -0.3 is 14.7 Å². The van der Waals surface area contributed by atoms with E-state index >= 15 is 0 Å². The van der Waals surface area contributed by atoms with Crippen LogP contribution in [-0.4, -0.2) is 41.5 Å².